The van der Waals surface area contributed by atoms with Gasteiger partial charge in [0.05, 0.1) is 14.2 Å². The Balaban J connectivity index is 1.77. The zero-order valence-electron chi connectivity index (χ0n) is 11.9. The molecular weight excluding hydrogens is 258 g/mol. The van der Waals surface area contributed by atoms with Crippen LogP contribution in [-0.2, 0) is 6.54 Å². The van der Waals surface area contributed by atoms with E-state index in [9.17, 15) is 4.79 Å². The maximum absolute atomic E-state index is 11.3. The van der Waals surface area contributed by atoms with Gasteiger partial charge in [0.25, 0.3) is 0 Å². The fraction of sp³-hybridized carbons (Fsp3) is 0.500. The highest BCUT2D eigenvalue weighted by Gasteiger charge is 2.18. The molecule has 2 N–H and O–H groups in total. The standard InChI is InChI=1S/C14H21N3O3/c1-19-12-4-3-11(9-13(12)20-2)10-15-5-7-17-8-6-16-14(17)18/h3-4,9,15H,5-8,10H2,1-2H3,(H,16,18). The van der Waals surface area contributed by atoms with Crippen LogP contribution in [-0.4, -0.2) is 51.3 Å². The molecule has 1 heterocycles. The zero-order chi connectivity index (χ0) is 14.4. The minimum Gasteiger partial charge on any atom is -0.493 e. The lowest BCUT2D eigenvalue weighted by Gasteiger charge is -2.14. The second-order valence-corrected chi connectivity index (χ2v) is 4.59. The SMILES string of the molecule is COc1ccc(CNCCN2CCNC2=O)cc1OC. The molecule has 1 aromatic rings. The number of amides is 2. The van der Waals surface area contributed by atoms with Crippen LogP contribution >= 0.6 is 0 Å². The number of urea groups is 1. The van der Waals surface area contributed by atoms with Crippen LogP contribution in [0, 0.1) is 0 Å². The van der Waals surface area contributed by atoms with E-state index in [2.05, 4.69) is 10.6 Å². The smallest absolute Gasteiger partial charge is 0.317 e. The largest absolute Gasteiger partial charge is 0.493 e. The molecule has 0 aromatic heterocycles. The van der Waals surface area contributed by atoms with E-state index >= 15 is 0 Å². The van der Waals surface area contributed by atoms with Gasteiger partial charge in [-0.05, 0) is 17.7 Å². The van der Waals surface area contributed by atoms with Crippen molar-refractivity contribution in [3.63, 3.8) is 0 Å². The van der Waals surface area contributed by atoms with E-state index in [1.54, 1.807) is 14.2 Å². The molecule has 110 valence electrons. The van der Waals surface area contributed by atoms with Crippen LogP contribution in [0.15, 0.2) is 18.2 Å². The van der Waals surface area contributed by atoms with Crippen LogP contribution in [0.3, 0.4) is 0 Å². The Morgan fingerprint density at radius 1 is 1.30 bits per heavy atom. The number of hydrogen-bond donors (Lipinski definition) is 2. The van der Waals surface area contributed by atoms with Crippen molar-refractivity contribution in [1.29, 1.82) is 0 Å². The molecule has 1 aliphatic rings. The highest BCUT2D eigenvalue weighted by molar-refractivity contribution is 5.76. The molecule has 6 heteroatoms. The Morgan fingerprint density at radius 3 is 2.75 bits per heavy atom. The number of nitrogens with zero attached hydrogens (tertiary/aromatic N) is 1. The number of rotatable bonds is 7. The highest BCUT2D eigenvalue weighted by atomic mass is 16.5. The molecule has 0 aliphatic carbocycles. The van der Waals surface area contributed by atoms with E-state index in [-0.39, 0.29) is 6.03 Å². The molecule has 0 unspecified atom stereocenters. The fourth-order valence-corrected chi connectivity index (χ4v) is 2.16. The highest BCUT2D eigenvalue weighted by Crippen LogP contribution is 2.27. The Labute approximate surface area is 119 Å². The average Bonchev–Trinajstić information content (AvgIpc) is 2.88. The van der Waals surface area contributed by atoms with Gasteiger partial charge in [-0.2, -0.15) is 0 Å². The van der Waals surface area contributed by atoms with Crippen LogP contribution in [0.25, 0.3) is 0 Å². The molecule has 0 spiro atoms. The number of benzene rings is 1. The molecule has 0 saturated carbocycles. The van der Waals surface area contributed by atoms with Crippen molar-refractivity contribution in [2.24, 2.45) is 0 Å². The number of carbonyl (C=O) groups is 1. The molecule has 20 heavy (non-hydrogen) atoms. The van der Waals surface area contributed by atoms with Gasteiger partial charge in [-0.3, -0.25) is 0 Å². The minimum atomic E-state index is 0.0258. The van der Waals surface area contributed by atoms with Crippen molar-refractivity contribution in [1.82, 2.24) is 15.5 Å². The molecule has 1 aliphatic heterocycles. The van der Waals surface area contributed by atoms with E-state index in [1.807, 2.05) is 23.1 Å². The lowest BCUT2D eigenvalue weighted by molar-refractivity contribution is 0.217. The maximum Gasteiger partial charge on any atom is 0.317 e. The normalized spacial score (nSPS) is 14.3. The van der Waals surface area contributed by atoms with E-state index in [1.165, 1.54) is 0 Å². The zero-order valence-corrected chi connectivity index (χ0v) is 11.9. The van der Waals surface area contributed by atoms with Crippen molar-refractivity contribution in [2.45, 2.75) is 6.54 Å². The van der Waals surface area contributed by atoms with Gasteiger partial charge < -0.3 is 25.0 Å². The van der Waals surface area contributed by atoms with Gasteiger partial charge in [0, 0.05) is 32.7 Å². The third-order valence-electron chi connectivity index (χ3n) is 3.28. The lowest BCUT2D eigenvalue weighted by atomic mass is 10.2. The van der Waals surface area contributed by atoms with Gasteiger partial charge in [0.1, 0.15) is 0 Å². The first kappa shape index (κ1) is 14.5. The van der Waals surface area contributed by atoms with Crippen molar-refractivity contribution < 1.29 is 14.3 Å². The second-order valence-electron chi connectivity index (χ2n) is 4.59. The molecule has 2 amide bonds. The molecule has 0 radical (unpaired) electrons. The summed E-state index contributed by atoms with van der Waals surface area (Å²) in [6, 6.07) is 5.87. The molecule has 0 bridgehead atoms. The summed E-state index contributed by atoms with van der Waals surface area (Å²) in [7, 11) is 3.25. The third-order valence-corrected chi connectivity index (χ3v) is 3.28. The van der Waals surface area contributed by atoms with Crippen molar-refractivity contribution in [2.75, 3.05) is 40.4 Å². The van der Waals surface area contributed by atoms with E-state index < -0.39 is 0 Å². The maximum atomic E-state index is 11.3. The molecular formula is C14H21N3O3. The molecule has 1 aromatic carbocycles. The summed E-state index contributed by atoms with van der Waals surface area (Å²) in [5.41, 5.74) is 1.12. The van der Waals surface area contributed by atoms with Crippen LogP contribution in [0.2, 0.25) is 0 Å². The van der Waals surface area contributed by atoms with Crippen LogP contribution in [0.1, 0.15) is 5.56 Å². The van der Waals surface area contributed by atoms with Crippen molar-refractivity contribution in [3.8, 4) is 11.5 Å². The second kappa shape index (κ2) is 7.00. The van der Waals surface area contributed by atoms with Crippen LogP contribution < -0.4 is 20.1 Å². The summed E-state index contributed by atoms with van der Waals surface area (Å²) < 4.78 is 10.5. The molecule has 1 fully saturated rings. The Bertz CT molecular complexity index is 465. The molecule has 6 nitrogen and oxygen atoms in total. The van der Waals surface area contributed by atoms with Gasteiger partial charge >= 0.3 is 6.03 Å². The van der Waals surface area contributed by atoms with Crippen LogP contribution in [0.4, 0.5) is 4.79 Å². The third kappa shape index (κ3) is 3.54. The molecule has 1 saturated heterocycles. The Hall–Kier alpha value is -1.95. The lowest BCUT2D eigenvalue weighted by Crippen LogP contribution is -2.34. The minimum absolute atomic E-state index is 0.0258. The summed E-state index contributed by atoms with van der Waals surface area (Å²) in [5, 5.41) is 6.10. The fourth-order valence-electron chi connectivity index (χ4n) is 2.16. The summed E-state index contributed by atoms with van der Waals surface area (Å²) in [5.74, 6) is 1.45. The predicted molar refractivity (Wildman–Crippen MR) is 76.2 cm³/mol. The summed E-state index contributed by atoms with van der Waals surface area (Å²) in [6.45, 7) is 3.75. The number of hydrogen-bond acceptors (Lipinski definition) is 4. The monoisotopic (exact) mass is 279 g/mol. The number of nitrogens with one attached hydrogen (secondary N) is 2. The quantitative estimate of drug-likeness (QED) is 0.725. The Kier molecular flexibility index (Phi) is 5.06. The van der Waals surface area contributed by atoms with Crippen molar-refractivity contribution in [3.05, 3.63) is 23.8 Å². The van der Waals surface area contributed by atoms with Crippen molar-refractivity contribution >= 4 is 6.03 Å². The first-order valence-electron chi connectivity index (χ1n) is 6.69. The summed E-state index contributed by atoms with van der Waals surface area (Å²) in [6.07, 6.45) is 0. The van der Waals surface area contributed by atoms with E-state index in [0.29, 0.717) is 0 Å². The first-order chi connectivity index (χ1) is 9.74. The van der Waals surface area contributed by atoms with Gasteiger partial charge in [0.2, 0.25) is 0 Å². The van der Waals surface area contributed by atoms with Gasteiger partial charge in [-0.25, -0.2) is 4.79 Å². The van der Waals surface area contributed by atoms with E-state index in [4.69, 9.17) is 9.47 Å². The van der Waals surface area contributed by atoms with Gasteiger partial charge in [-0.1, -0.05) is 6.07 Å². The summed E-state index contributed by atoms with van der Waals surface area (Å²) in [4.78, 5) is 13.2. The topological polar surface area (TPSA) is 62.8 Å². The number of ether oxygens (including phenoxy) is 2. The first-order valence-corrected chi connectivity index (χ1v) is 6.69. The van der Waals surface area contributed by atoms with E-state index in [0.717, 1.165) is 49.8 Å². The van der Waals surface area contributed by atoms with Gasteiger partial charge in [-0.15, -0.1) is 0 Å². The van der Waals surface area contributed by atoms with Crippen LogP contribution in [0.5, 0.6) is 11.5 Å². The number of carbonyl (C=O) groups excluding carboxylic acids is 1. The Morgan fingerprint density at radius 2 is 2.10 bits per heavy atom. The number of methoxy groups -OCH3 is 2. The molecule has 2 rings (SSSR count). The average molecular weight is 279 g/mol. The van der Waals surface area contributed by atoms with Gasteiger partial charge in [0.15, 0.2) is 11.5 Å². The molecule has 0 atom stereocenters. The predicted octanol–water partition coefficient (Wildman–Crippen LogP) is 0.819. The summed E-state index contributed by atoms with van der Waals surface area (Å²) >= 11 is 0.